The topological polar surface area (TPSA) is 201 Å². The molecule has 0 aliphatic heterocycles. The molecule has 46 heavy (non-hydrogen) atoms. The highest BCUT2D eigenvalue weighted by atomic mass is 19.1. The first-order valence-corrected chi connectivity index (χ1v) is 13.9. The molecule has 2 aromatic carbocycles. The molecule has 1 unspecified atom stereocenters. The molecule has 244 valence electrons. The molecule has 16 heteroatoms. The fraction of sp³-hybridized carbons (Fsp3) is 0.300. The maximum absolute atomic E-state index is 15.7. The number of carboxylic acid groups (broad SMARTS) is 1. The summed E-state index contributed by atoms with van der Waals surface area (Å²) in [5.41, 5.74) is 5.62. The van der Waals surface area contributed by atoms with Gasteiger partial charge in [-0.1, -0.05) is 6.08 Å². The van der Waals surface area contributed by atoms with E-state index in [0.29, 0.717) is 16.9 Å². The zero-order valence-electron chi connectivity index (χ0n) is 25.9. The van der Waals surface area contributed by atoms with Crippen LogP contribution in [-0.4, -0.2) is 61.3 Å². The number of hydrogen-bond acceptors (Lipinski definition) is 10. The molecule has 0 saturated heterocycles. The molecule has 0 aliphatic carbocycles. The summed E-state index contributed by atoms with van der Waals surface area (Å²) >= 11 is 0. The minimum Gasteiger partial charge on any atom is -0.493 e. The van der Waals surface area contributed by atoms with Gasteiger partial charge in [0, 0.05) is 36.1 Å². The van der Waals surface area contributed by atoms with E-state index < -0.39 is 35.2 Å². The van der Waals surface area contributed by atoms with Gasteiger partial charge in [0.2, 0.25) is 0 Å². The van der Waals surface area contributed by atoms with Crippen molar-refractivity contribution in [1.82, 2.24) is 29.6 Å². The second-order valence-electron chi connectivity index (χ2n) is 11.0. The van der Waals surface area contributed by atoms with E-state index in [1.807, 2.05) is 0 Å². The summed E-state index contributed by atoms with van der Waals surface area (Å²) in [7, 11) is 2.74. The van der Waals surface area contributed by atoms with Crippen LogP contribution in [0.1, 0.15) is 54.3 Å². The highest BCUT2D eigenvalue weighted by Gasteiger charge is 2.28. The van der Waals surface area contributed by atoms with Crippen LogP contribution in [0.15, 0.2) is 54.1 Å². The number of halogens is 1. The summed E-state index contributed by atoms with van der Waals surface area (Å²) in [5.74, 6) is -2.09. The number of carbonyl (C=O) groups is 2. The molecule has 0 fully saturated rings. The molecule has 2 aromatic heterocycles. The Hall–Kier alpha value is -5.80. The molecule has 2 heterocycles. The highest BCUT2D eigenvalue weighted by Crippen LogP contribution is 2.36. The summed E-state index contributed by atoms with van der Waals surface area (Å²) in [6, 6.07) is 6.17. The van der Waals surface area contributed by atoms with Crippen molar-refractivity contribution in [2.45, 2.75) is 45.5 Å². The number of alkyl carbamates (subject to hydrolysis) is 1. The van der Waals surface area contributed by atoms with Gasteiger partial charge in [0.25, 0.3) is 0 Å². The number of nitrogen functional groups attached to an aromatic ring is 1. The molecule has 0 radical (unpaired) electrons. The second kappa shape index (κ2) is 13.5. The van der Waals surface area contributed by atoms with Crippen molar-refractivity contribution in [1.29, 1.82) is 0 Å². The van der Waals surface area contributed by atoms with E-state index >= 15 is 4.39 Å². The van der Waals surface area contributed by atoms with Gasteiger partial charge < -0.3 is 40.3 Å². The predicted molar refractivity (Wildman–Crippen MR) is 166 cm³/mol. The van der Waals surface area contributed by atoms with Gasteiger partial charge in [-0.05, 0) is 50.6 Å². The van der Waals surface area contributed by atoms with Crippen LogP contribution in [0, 0.1) is 5.82 Å². The summed E-state index contributed by atoms with van der Waals surface area (Å²) in [6.45, 7) is 8.95. The molecule has 6 N–H and O–H groups in total. The minimum atomic E-state index is -1.35. The molecule has 0 saturated carbocycles. The maximum Gasteiger partial charge on any atom is 0.407 e. The third kappa shape index (κ3) is 7.28. The quantitative estimate of drug-likeness (QED) is 0.112. The van der Waals surface area contributed by atoms with Crippen LogP contribution in [0.25, 0.3) is 5.82 Å². The standard InChI is InChI=1S/C30H35FN8O7/c1-7-10-38-15-34-26(24(38)27(40)41)39-28(42)36-25(37-39)23(18-12-21(44-5)22(45-6)13-19(18)31)35-17-8-9-20(32)16(11-17)14-33-29(43)46-30(2,3)4/h7-9,11-13,15,23,35H,1,10,14,32H2,2-6H3,(H,33,43)(H,40,41)(H,36,37,42). The average Bonchev–Trinajstić information content (AvgIpc) is 3.58. The number of imidazole rings is 1. The van der Waals surface area contributed by atoms with Crippen molar-refractivity contribution in [3.05, 3.63) is 88.3 Å². The number of nitrogens with two attached hydrogens (primary N) is 1. The Bertz CT molecular complexity index is 1820. The number of nitrogens with zero attached hydrogens (tertiary/aromatic N) is 4. The molecule has 1 atom stereocenters. The van der Waals surface area contributed by atoms with E-state index in [9.17, 15) is 19.5 Å². The number of rotatable bonds is 12. The lowest BCUT2D eigenvalue weighted by atomic mass is 10.0. The van der Waals surface area contributed by atoms with Crippen molar-refractivity contribution in [3.8, 4) is 17.3 Å². The smallest absolute Gasteiger partial charge is 0.407 e. The second-order valence-corrected chi connectivity index (χ2v) is 11.0. The minimum absolute atomic E-state index is 0.000510. The fourth-order valence-electron chi connectivity index (χ4n) is 4.52. The molecule has 4 rings (SSSR count). The van der Waals surface area contributed by atoms with Crippen LogP contribution in [-0.2, 0) is 17.8 Å². The third-order valence-electron chi connectivity index (χ3n) is 6.55. The summed E-state index contributed by atoms with van der Waals surface area (Å²) in [5, 5.41) is 20.0. The largest absolute Gasteiger partial charge is 0.493 e. The van der Waals surface area contributed by atoms with E-state index in [0.717, 1.165) is 10.7 Å². The van der Waals surface area contributed by atoms with Crippen LogP contribution in [0.5, 0.6) is 11.5 Å². The van der Waals surface area contributed by atoms with E-state index in [1.54, 1.807) is 39.0 Å². The third-order valence-corrected chi connectivity index (χ3v) is 6.55. The Kier molecular flexibility index (Phi) is 9.68. The van der Waals surface area contributed by atoms with Crippen LogP contribution in [0.4, 0.5) is 20.6 Å². The zero-order valence-corrected chi connectivity index (χ0v) is 25.9. The molecular formula is C30H35FN8O7. The first-order valence-electron chi connectivity index (χ1n) is 13.9. The Morgan fingerprint density at radius 3 is 2.52 bits per heavy atom. The Morgan fingerprint density at radius 1 is 1.20 bits per heavy atom. The van der Waals surface area contributed by atoms with Crippen molar-refractivity contribution in [2.24, 2.45) is 0 Å². The van der Waals surface area contributed by atoms with E-state index in [2.05, 4.69) is 32.3 Å². The first kappa shape index (κ1) is 33.1. The molecule has 0 aliphatic rings. The molecule has 15 nitrogen and oxygen atoms in total. The lowest BCUT2D eigenvalue weighted by Gasteiger charge is -2.22. The number of hydrogen-bond donors (Lipinski definition) is 5. The number of H-pyrrole nitrogens is 1. The number of benzene rings is 2. The molecule has 4 aromatic rings. The van der Waals surface area contributed by atoms with E-state index in [-0.39, 0.29) is 47.5 Å². The van der Waals surface area contributed by atoms with Gasteiger partial charge in [-0.3, -0.25) is 4.98 Å². The fourth-order valence-corrected chi connectivity index (χ4v) is 4.52. The lowest BCUT2D eigenvalue weighted by molar-refractivity contribution is 0.0523. The number of carboxylic acids is 1. The number of nitrogens with one attached hydrogen (secondary N) is 3. The van der Waals surface area contributed by atoms with Crippen molar-refractivity contribution in [2.75, 3.05) is 25.3 Å². The number of anilines is 2. The van der Waals surface area contributed by atoms with Gasteiger partial charge in [-0.25, -0.2) is 23.8 Å². The number of amides is 1. The summed E-state index contributed by atoms with van der Waals surface area (Å²) in [4.78, 5) is 44.2. The number of methoxy groups -OCH3 is 2. The number of aromatic carboxylic acids is 1. The Labute approximate surface area is 262 Å². The van der Waals surface area contributed by atoms with Crippen LogP contribution in [0.2, 0.25) is 0 Å². The van der Waals surface area contributed by atoms with Crippen molar-refractivity contribution < 1.29 is 33.3 Å². The number of aromatic amines is 1. The number of aromatic nitrogens is 5. The van der Waals surface area contributed by atoms with Crippen molar-refractivity contribution >= 4 is 23.4 Å². The van der Waals surface area contributed by atoms with Gasteiger partial charge in [-0.2, -0.15) is 4.68 Å². The predicted octanol–water partition coefficient (Wildman–Crippen LogP) is 3.61. The number of ether oxygens (including phenoxy) is 3. The van der Waals surface area contributed by atoms with Gasteiger partial charge in [0.15, 0.2) is 28.8 Å². The first-order chi connectivity index (χ1) is 21.8. The SMILES string of the molecule is C=CCn1cnc(-n2nc(C(Nc3ccc(N)c(CNC(=O)OC(C)(C)C)c3)c3cc(OC)c(OC)cc3F)[nH]c2=O)c1C(=O)O. The lowest BCUT2D eigenvalue weighted by Crippen LogP contribution is -2.32. The van der Waals surface area contributed by atoms with E-state index in [4.69, 9.17) is 19.9 Å². The monoisotopic (exact) mass is 638 g/mol. The average molecular weight is 639 g/mol. The molecule has 0 spiro atoms. The summed E-state index contributed by atoms with van der Waals surface area (Å²) < 4.78 is 33.7. The molecule has 0 bridgehead atoms. The van der Waals surface area contributed by atoms with Crippen LogP contribution in [0.3, 0.4) is 0 Å². The van der Waals surface area contributed by atoms with Gasteiger partial charge in [0.1, 0.15) is 17.5 Å². The van der Waals surface area contributed by atoms with Gasteiger partial charge in [0.05, 0.1) is 20.5 Å². The maximum atomic E-state index is 15.7. The van der Waals surface area contributed by atoms with Gasteiger partial charge in [-0.15, -0.1) is 11.7 Å². The number of carbonyl (C=O) groups excluding carboxylic acids is 1. The normalized spacial score (nSPS) is 11.9. The molecular weight excluding hydrogens is 603 g/mol. The van der Waals surface area contributed by atoms with Gasteiger partial charge >= 0.3 is 17.8 Å². The molecule has 1 amide bonds. The summed E-state index contributed by atoms with van der Waals surface area (Å²) in [6.07, 6.45) is 2.07. The van der Waals surface area contributed by atoms with Crippen LogP contribution >= 0.6 is 0 Å². The van der Waals surface area contributed by atoms with Crippen LogP contribution < -0.4 is 31.5 Å². The zero-order chi connectivity index (χ0) is 33.8. The van der Waals surface area contributed by atoms with E-state index in [1.165, 1.54) is 37.3 Å². The highest BCUT2D eigenvalue weighted by molar-refractivity contribution is 5.89. The van der Waals surface area contributed by atoms with Crippen molar-refractivity contribution in [3.63, 3.8) is 0 Å². The Balaban J connectivity index is 1.79. The Morgan fingerprint density at radius 2 is 1.89 bits per heavy atom. The number of allylic oxidation sites excluding steroid dienone is 1.